The highest BCUT2D eigenvalue weighted by molar-refractivity contribution is 6.22. The van der Waals surface area contributed by atoms with Crippen LogP contribution in [0.1, 0.15) is 47.9 Å². The molecule has 1 aromatic heterocycles. The summed E-state index contributed by atoms with van der Waals surface area (Å²) >= 11 is 0. The second-order valence-corrected chi connectivity index (χ2v) is 8.68. The molecule has 7 nitrogen and oxygen atoms in total. The van der Waals surface area contributed by atoms with Gasteiger partial charge < -0.3 is 5.11 Å². The number of amides is 2. The Morgan fingerprint density at radius 1 is 0.857 bits per heavy atom. The van der Waals surface area contributed by atoms with E-state index in [1.54, 1.807) is 47.9 Å². The zero-order valence-corrected chi connectivity index (χ0v) is 19.2. The number of aryl methyl sites for hydroxylation is 1. The molecule has 0 radical (unpaired) electrons. The standard InChI is InChI=1S/C28H22N2O5/c1-16-12-13-23-22(14-16)21(17(2)29(23)25(31)18-8-4-3-5-9-18)15-24(28(34)35)30-26(32)19-10-6-7-11-20(19)27(30)33/h3-14,24H,15H2,1-2H3,(H,34,35). The molecule has 1 aliphatic rings. The second-order valence-electron chi connectivity index (χ2n) is 8.68. The van der Waals surface area contributed by atoms with Gasteiger partial charge in [-0.05, 0) is 55.8 Å². The Kier molecular flexibility index (Phi) is 5.32. The molecule has 0 fully saturated rings. The van der Waals surface area contributed by atoms with Crippen molar-refractivity contribution in [1.29, 1.82) is 0 Å². The zero-order chi connectivity index (χ0) is 24.9. The van der Waals surface area contributed by atoms with Crippen molar-refractivity contribution in [3.63, 3.8) is 0 Å². The lowest BCUT2D eigenvalue weighted by atomic mass is 10.0. The molecule has 2 heterocycles. The average Bonchev–Trinajstić information content (AvgIpc) is 3.27. The summed E-state index contributed by atoms with van der Waals surface area (Å²) in [5.41, 5.74) is 3.64. The number of carboxylic acid groups (broad SMARTS) is 1. The molecule has 5 rings (SSSR count). The van der Waals surface area contributed by atoms with Crippen LogP contribution in [0.15, 0.2) is 72.8 Å². The number of aliphatic carboxylic acids is 1. The Hall–Kier alpha value is -4.52. The maximum absolute atomic E-state index is 13.4. The number of carboxylic acids is 1. The van der Waals surface area contributed by atoms with Gasteiger partial charge in [0.2, 0.25) is 0 Å². The summed E-state index contributed by atoms with van der Waals surface area (Å²) in [7, 11) is 0. The van der Waals surface area contributed by atoms with Crippen molar-refractivity contribution in [2.45, 2.75) is 26.3 Å². The average molecular weight is 466 g/mol. The summed E-state index contributed by atoms with van der Waals surface area (Å²) in [4.78, 5) is 52.7. The Balaban J connectivity index is 1.63. The van der Waals surface area contributed by atoms with Gasteiger partial charge in [-0.25, -0.2) is 4.79 Å². The summed E-state index contributed by atoms with van der Waals surface area (Å²) in [6.45, 7) is 3.67. The maximum atomic E-state index is 13.4. The van der Waals surface area contributed by atoms with E-state index >= 15 is 0 Å². The first kappa shape index (κ1) is 22.3. The van der Waals surface area contributed by atoms with Crippen LogP contribution in [0, 0.1) is 13.8 Å². The third-order valence-electron chi connectivity index (χ3n) is 6.53. The fourth-order valence-corrected chi connectivity index (χ4v) is 4.80. The lowest BCUT2D eigenvalue weighted by molar-refractivity contribution is -0.141. The van der Waals surface area contributed by atoms with Gasteiger partial charge in [-0.1, -0.05) is 42.0 Å². The van der Waals surface area contributed by atoms with Crippen LogP contribution < -0.4 is 0 Å². The van der Waals surface area contributed by atoms with Crippen LogP contribution in [0.5, 0.6) is 0 Å². The van der Waals surface area contributed by atoms with Crippen LogP contribution in [0.3, 0.4) is 0 Å². The smallest absolute Gasteiger partial charge is 0.327 e. The third kappa shape index (κ3) is 3.52. The van der Waals surface area contributed by atoms with E-state index in [9.17, 15) is 24.3 Å². The van der Waals surface area contributed by atoms with Crippen molar-refractivity contribution in [1.82, 2.24) is 9.47 Å². The Morgan fingerprint density at radius 2 is 1.46 bits per heavy atom. The highest BCUT2D eigenvalue weighted by atomic mass is 16.4. The van der Waals surface area contributed by atoms with Crippen LogP contribution in [-0.4, -0.2) is 44.3 Å². The molecule has 1 unspecified atom stereocenters. The number of hydrogen-bond acceptors (Lipinski definition) is 4. The van der Waals surface area contributed by atoms with Gasteiger partial charge in [-0.15, -0.1) is 0 Å². The Labute approximate surface area is 201 Å². The van der Waals surface area contributed by atoms with Gasteiger partial charge in [0.1, 0.15) is 6.04 Å². The minimum absolute atomic E-state index is 0.123. The fraction of sp³-hybridized carbons (Fsp3) is 0.143. The number of nitrogens with zero attached hydrogens (tertiary/aromatic N) is 2. The van der Waals surface area contributed by atoms with Gasteiger partial charge in [0.15, 0.2) is 0 Å². The van der Waals surface area contributed by atoms with E-state index in [1.807, 2.05) is 31.2 Å². The number of hydrogen-bond donors (Lipinski definition) is 1. The van der Waals surface area contributed by atoms with E-state index in [-0.39, 0.29) is 23.5 Å². The SMILES string of the molecule is Cc1ccc2c(c1)c(CC(C(=O)O)N1C(=O)c3ccccc3C1=O)c(C)n2C(=O)c1ccccc1. The van der Waals surface area contributed by atoms with Gasteiger partial charge in [-0.3, -0.25) is 23.9 Å². The van der Waals surface area contributed by atoms with E-state index in [1.165, 1.54) is 12.1 Å². The van der Waals surface area contributed by atoms with Crippen molar-refractivity contribution >= 4 is 34.6 Å². The largest absolute Gasteiger partial charge is 0.480 e. The van der Waals surface area contributed by atoms with Crippen molar-refractivity contribution in [2.24, 2.45) is 0 Å². The van der Waals surface area contributed by atoms with Crippen molar-refractivity contribution < 1.29 is 24.3 Å². The van der Waals surface area contributed by atoms with E-state index in [0.29, 0.717) is 22.3 Å². The molecule has 3 aromatic carbocycles. The molecule has 1 N–H and O–H groups in total. The molecule has 0 bridgehead atoms. The number of carbonyl (C=O) groups excluding carboxylic acids is 3. The number of rotatable bonds is 5. The van der Waals surface area contributed by atoms with Crippen LogP contribution in [0.25, 0.3) is 10.9 Å². The van der Waals surface area contributed by atoms with Gasteiger partial charge in [0, 0.05) is 23.1 Å². The van der Waals surface area contributed by atoms with Gasteiger partial charge in [0.25, 0.3) is 17.7 Å². The molecule has 0 saturated carbocycles. The topological polar surface area (TPSA) is 96.7 Å². The molecule has 0 spiro atoms. The molecule has 174 valence electrons. The van der Waals surface area contributed by atoms with Gasteiger partial charge >= 0.3 is 5.97 Å². The summed E-state index contributed by atoms with van der Waals surface area (Å²) in [5.74, 6) is -2.79. The van der Waals surface area contributed by atoms with Gasteiger partial charge in [-0.2, -0.15) is 0 Å². The summed E-state index contributed by atoms with van der Waals surface area (Å²) in [5, 5.41) is 10.8. The van der Waals surface area contributed by atoms with Crippen LogP contribution in [0.2, 0.25) is 0 Å². The molecule has 0 aliphatic carbocycles. The third-order valence-corrected chi connectivity index (χ3v) is 6.53. The van der Waals surface area contributed by atoms with Gasteiger partial charge in [0.05, 0.1) is 16.6 Å². The van der Waals surface area contributed by atoms with Crippen molar-refractivity contribution in [2.75, 3.05) is 0 Å². The van der Waals surface area contributed by atoms with Crippen LogP contribution >= 0.6 is 0 Å². The van der Waals surface area contributed by atoms with E-state index in [4.69, 9.17) is 0 Å². The number of fused-ring (bicyclic) bond motifs is 2. The second kappa shape index (κ2) is 8.36. The maximum Gasteiger partial charge on any atom is 0.327 e. The number of benzene rings is 3. The summed E-state index contributed by atoms with van der Waals surface area (Å²) in [6, 6.07) is 19.3. The molecule has 7 heteroatoms. The predicted molar refractivity (Wildman–Crippen MR) is 130 cm³/mol. The molecule has 1 aliphatic heterocycles. The highest BCUT2D eigenvalue weighted by Crippen LogP contribution is 2.32. The predicted octanol–water partition coefficient (Wildman–Crippen LogP) is 4.24. The fourth-order valence-electron chi connectivity index (χ4n) is 4.80. The molecule has 0 saturated heterocycles. The molecular weight excluding hydrogens is 444 g/mol. The van der Waals surface area contributed by atoms with E-state index < -0.39 is 23.8 Å². The monoisotopic (exact) mass is 466 g/mol. The molecular formula is C28H22N2O5. The number of aromatic nitrogens is 1. The number of carbonyl (C=O) groups is 4. The minimum Gasteiger partial charge on any atom is -0.480 e. The summed E-state index contributed by atoms with van der Waals surface area (Å²) < 4.78 is 1.57. The lowest BCUT2D eigenvalue weighted by Crippen LogP contribution is -2.46. The van der Waals surface area contributed by atoms with E-state index in [2.05, 4.69) is 0 Å². The van der Waals surface area contributed by atoms with Crippen LogP contribution in [-0.2, 0) is 11.2 Å². The molecule has 2 amide bonds. The van der Waals surface area contributed by atoms with Crippen molar-refractivity contribution in [3.8, 4) is 0 Å². The molecule has 1 atom stereocenters. The van der Waals surface area contributed by atoms with E-state index in [0.717, 1.165) is 15.8 Å². The van der Waals surface area contributed by atoms with Crippen molar-refractivity contribution in [3.05, 3.63) is 106 Å². The van der Waals surface area contributed by atoms with Crippen LogP contribution in [0.4, 0.5) is 0 Å². The molecule has 4 aromatic rings. The summed E-state index contributed by atoms with van der Waals surface area (Å²) in [6.07, 6.45) is -0.123. The Morgan fingerprint density at radius 3 is 2.06 bits per heavy atom. The quantitative estimate of drug-likeness (QED) is 0.444. The highest BCUT2D eigenvalue weighted by Gasteiger charge is 2.43. The minimum atomic E-state index is -1.42. The normalized spacial score (nSPS) is 13.8. The lowest BCUT2D eigenvalue weighted by Gasteiger charge is -2.23. The Bertz CT molecular complexity index is 1500. The first-order valence-electron chi connectivity index (χ1n) is 11.2. The number of imide groups is 1. The first-order valence-corrected chi connectivity index (χ1v) is 11.2. The molecule has 35 heavy (non-hydrogen) atoms. The zero-order valence-electron chi connectivity index (χ0n) is 19.2. The first-order chi connectivity index (χ1) is 16.8.